The first-order valence-electron chi connectivity index (χ1n) is 5.74. The molecule has 0 saturated carbocycles. The molecular weight excluding hydrogens is 298 g/mol. The van der Waals surface area contributed by atoms with E-state index in [0.29, 0.717) is 22.2 Å². The minimum absolute atomic E-state index is 0.302. The lowest BCUT2D eigenvalue weighted by Gasteiger charge is -2.02. The molecule has 9 nitrogen and oxygen atoms in total. The Morgan fingerprint density at radius 3 is 2.86 bits per heavy atom. The van der Waals surface area contributed by atoms with Crippen LogP contribution in [0.3, 0.4) is 0 Å². The highest BCUT2D eigenvalue weighted by molar-refractivity contribution is 7.98. The quantitative estimate of drug-likeness (QED) is 0.590. The second-order valence-corrected chi connectivity index (χ2v) is 4.77. The molecule has 2 aromatic heterocycles. The van der Waals surface area contributed by atoms with Crippen LogP contribution in [-0.4, -0.2) is 49.3 Å². The van der Waals surface area contributed by atoms with Gasteiger partial charge in [-0.3, -0.25) is 9.78 Å². The number of thioether (sulfide) groups is 1. The zero-order chi connectivity index (χ0) is 15.2. The maximum absolute atomic E-state index is 11.3. The Kier molecular flexibility index (Phi) is 4.82. The van der Waals surface area contributed by atoms with Crippen molar-refractivity contribution in [3.63, 3.8) is 0 Å². The molecule has 0 bridgehead atoms. The van der Waals surface area contributed by atoms with Crippen LogP contribution in [0.5, 0.6) is 0 Å². The number of carboxylic acids is 1. The van der Waals surface area contributed by atoms with Gasteiger partial charge in [0.2, 0.25) is 5.16 Å². The van der Waals surface area contributed by atoms with Gasteiger partial charge in [-0.2, -0.15) is 0 Å². The standard InChI is InChI=1S/C11H11N5O4S/c1-20-10(19)7-2-3-8(12-4-7)6-21-11-13-14-15-16(11)5-9(17)18/h2-4H,5-6H2,1H3,(H,17,18). The molecular formula is C11H11N5O4S. The molecule has 110 valence electrons. The van der Waals surface area contributed by atoms with Gasteiger partial charge >= 0.3 is 11.9 Å². The number of ether oxygens (including phenoxy) is 1. The lowest BCUT2D eigenvalue weighted by molar-refractivity contribution is -0.138. The highest BCUT2D eigenvalue weighted by Crippen LogP contribution is 2.18. The molecule has 0 aliphatic heterocycles. The second-order valence-electron chi connectivity index (χ2n) is 3.83. The molecule has 2 heterocycles. The first-order chi connectivity index (χ1) is 10.1. The number of tetrazole rings is 1. The Morgan fingerprint density at radius 1 is 1.43 bits per heavy atom. The van der Waals surface area contributed by atoms with Crippen LogP contribution in [0.1, 0.15) is 16.1 Å². The first kappa shape index (κ1) is 14.9. The third kappa shape index (κ3) is 3.99. The smallest absolute Gasteiger partial charge is 0.339 e. The number of carboxylic acid groups (broad SMARTS) is 1. The van der Waals surface area contributed by atoms with Crippen LogP contribution in [0.25, 0.3) is 0 Å². The van der Waals surface area contributed by atoms with Crippen LogP contribution in [0, 0.1) is 0 Å². The molecule has 0 fully saturated rings. The van der Waals surface area contributed by atoms with Crippen molar-refractivity contribution in [3.8, 4) is 0 Å². The molecule has 0 saturated heterocycles. The van der Waals surface area contributed by atoms with Crippen LogP contribution in [0.2, 0.25) is 0 Å². The van der Waals surface area contributed by atoms with Crippen molar-refractivity contribution in [1.82, 2.24) is 25.2 Å². The molecule has 0 amide bonds. The van der Waals surface area contributed by atoms with Gasteiger partial charge < -0.3 is 9.84 Å². The first-order valence-corrected chi connectivity index (χ1v) is 6.72. The van der Waals surface area contributed by atoms with Gasteiger partial charge in [0.15, 0.2) is 0 Å². The average molecular weight is 309 g/mol. The topological polar surface area (TPSA) is 120 Å². The summed E-state index contributed by atoms with van der Waals surface area (Å²) in [6, 6.07) is 3.29. The fourth-order valence-corrected chi connectivity index (χ4v) is 2.21. The number of hydrogen-bond acceptors (Lipinski definition) is 8. The van der Waals surface area contributed by atoms with Gasteiger partial charge in [-0.05, 0) is 22.6 Å². The fourth-order valence-electron chi connectivity index (χ4n) is 1.41. The zero-order valence-electron chi connectivity index (χ0n) is 11.0. The van der Waals surface area contributed by atoms with E-state index in [1.807, 2.05) is 0 Å². The third-order valence-corrected chi connectivity index (χ3v) is 3.37. The van der Waals surface area contributed by atoms with Crippen molar-refractivity contribution in [2.75, 3.05) is 7.11 Å². The van der Waals surface area contributed by atoms with Gasteiger partial charge in [-0.25, -0.2) is 9.48 Å². The van der Waals surface area contributed by atoms with E-state index in [-0.39, 0.29) is 6.54 Å². The number of carbonyl (C=O) groups is 2. The normalized spacial score (nSPS) is 10.3. The summed E-state index contributed by atoms with van der Waals surface area (Å²) in [4.78, 5) is 26.0. The largest absolute Gasteiger partial charge is 0.480 e. The van der Waals surface area contributed by atoms with Crippen molar-refractivity contribution in [1.29, 1.82) is 0 Å². The predicted octanol–water partition coefficient (Wildman–Crippen LogP) is 0.232. The molecule has 0 unspecified atom stereocenters. The number of aliphatic carboxylic acids is 1. The fraction of sp³-hybridized carbons (Fsp3) is 0.273. The Labute approximate surface area is 123 Å². The van der Waals surface area contributed by atoms with Gasteiger partial charge in [-0.15, -0.1) is 5.10 Å². The van der Waals surface area contributed by atoms with Gasteiger partial charge in [0.25, 0.3) is 0 Å². The average Bonchev–Trinajstić information content (AvgIpc) is 2.91. The van der Waals surface area contributed by atoms with Gasteiger partial charge in [-0.1, -0.05) is 11.8 Å². The molecule has 0 aromatic carbocycles. The van der Waals surface area contributed by atoms with Gasteiger partial charge in [0, 0.05) is 11.9 Å². The van der Waals surface area contributed by atoms with Crippen LogP contribution >= 0.6 is 11.8 Å². The minimum Gasteiger partial charge on any atom is -0.480 e. The lowest BCUT2D eigenvalue weighted by atomic mass is 10.2. The number of hydrogen-bond donors (Lipinski definition) is 1. The molecule has 0 spiro atoms. The number of nitrogens with zero attached hydrogens (tertiary/aromatic N) is 5. The Bertz CT molecular complexity index is 642. The van der Waals surface area contributed by atoms with E-state index >= 15 is 0 Å². The minimum atomic E-state index is -1.02. The lowest BCUT2D eigenvalue weighted by Crippen LogP contribution is -2.11. The number of esters is 1. The summed E-state index contributed by atoms with van der Waals surface area (Å²) in [5.74, 6) is -1.03. The summed E-state index contributed by atoms with van der Waals surface area (Å²) >= 11 is 1.25. The highest BCUT2D eigenvalue weighted by atomic mass is 32.2. The molecule has 0 radical (unpaired) electrons. The van der Waals surface area contributed by atoms with Crippen molar-refractivity contribution in [2.24, 2.45) is 0 Å². The third-order valence-electron chi connectivity index (χ3n) is 2.38. The molecule has 2 aromatic rings. The van der Waals surface area contributed by atoms with Crippen molar-refractivity contribution in [2.45, 2.75) is 17.5 Å². The van der Waals surface area contributed by atoms with E-state index in [1.165, 1.54) is 29.8 Å². The number of rotatable bonds is 6. The zero-order valence-corrected chi connectivity index (χ0v) is 11.8. The maximum atomic E-state index is 11.3. The van der Waals surface area contributed by atoms with Gasteiger partial charge in [0.05, 0.1) is 18.4 Å². The van der Waals surface area contributed by atoms with Crippen LogP contribution in [0.4, 0.5) is 0 Å². The molecule has 0 aliphatic rings. The number of pyridine rings is 1. The SMILES string of the molecule is COC(=O)c1ccc(CSc2nnnn2CC(=O)O)nc1. The van der Waals surface area contributed by atoms with E-state index in [0.717, 1.165) is 0 Å². The van der Waals surface area contributed by atoms with Crippen LogP contribution < -0.4 is 0 Å². The monoisotopic (exact) mass is 309 g/mol. The van der Waals surface area contributed by atoms with E-state index in [2.05, 4.69) is 25.2 Å². The van der Waals surface area contributed by atoms with E-state index in [1.54, 1.807) is 12.1 Å². The van der Waals surface area contributed by atoms with E-state index in [4.69, 9.17) is 5.11 Å². The summed E-state index contributed by atoms with van der Waals surface area (Å²) in [5, 5.41) is 19.9. The Morgan fingerprint density at radius 2 is 2.24 bits per heavy atom. The van der Waals surface area contributed by atoms with E-state index in [9.17, 15) is 9.59 Å². The number of methoxy groups -OCH3 is 1. The van der Waals surface area contributed by atoms with Crippen molar-refractivity contribution >= 4 is 23.7 Å². The van der Waals surface area contributed by atoms with Crippen molar-refractivity contribution in [3.05, 3.63) is 29.6 Å². The molecule has 0 atom stereocenters. The number of aromatic nitrogens is 5. The molecule has 21 heavy (non-hydrogen) atoms. The van der Waals surface area contributed by atoms with Crippen LogP contribution in [0.15, 0.2) is 23.5 Å². The van der Waals surface area contributed by atoms with Crippen molar-refractivity contribution < 1.29 is 19.4 Å². The summed E-state index contributed by atoms with van der Waals surface area (Å²) in [6.07, 6.45) is 1.42. The summed E-state index contributed by atoms with van der Waals surface area (Å²) in [6.45, 7) is -0.302. The highest BCUT2D eigenvalue weighted by Gasteiger charge is 2.11. The predicted molar refractivity (Wildman–Crippen MR) is 70.6 cm³/mol. The van der Waals surface area contributed by atoms with E-state index < -0.39 is 11.9 Å². The Balaban J connectivity index is 1.98. The molecule has 2 rings (SSSR count). The summed E-state index contributed by atoms with van der Waals surface area (Å²) in [7, 11) is 1.30. The summed E-state index contributed by atoms with van der Waals surface area (Å²) in [5.41, 5.74) is 1.07. The molecule has 0 aliphatic carbocycles. The second kappa shape index (κ2) is 6.79. The molecule has 10 heteroatoms. The summed E-state index contributed by atoms with van der Waals surface area (Å²) < 4.78 is 5.77. The number of carbonyl (C=O) groups excluding carboxylic acids is 1. The Hall–Kier alpha value is -2.49. The van der Waals surface area contributed by atoms with Crippen LogP contribution in [-0.2, 0) is 21.8 Å². The molecule has 1 N–H and O–H groups in total. The maximum Gasteiger partial charge on any atom is 0.339 e. The van der Waals surface area contributed by atoms with Gasteiger partial charge in [0.1, 0.15) is 6.54 Å².